The lowest BCUT2D eigenvalue weighted by atomic mass is 9.81. The van der Waals surface area contributed by atoms with Crippen molar-refractivity contribution in [3.63, 3.8) is 0 Å². The molecule has 1 spiro atoms. The number of carbonyl (C=O) groups excluding carboxylic acids is 1. The average Bonchev–Trinajstić information content (AvgIpc) is 2.73. The zero-order valence-corrected chi connectivity index (χ0v) is 19.5. The minimum Gasteiger partial charge on any atom is -0.487 e. The van der Waals surface area contributed by atoms with E-state index in [0.29, 0.717) is 38.1 Å². The predicted octanol–water partition coefficient (Wildman–Crippen LogP) is 5.36. The molecule has 0 aromatic heterocycles. The number of ether oxygens (including phenoxy) is 2. The van der Waals surface area contributed by atoms with Crippen molar-refractivity contribution in [3.05, 3.63) is 64.7 Å². The SMILES string of the molecule is CC(C)O[C@@H]1CC2(CCN(C(=O)c3ccc(C(C)(C)O)c(F)c3)CC2)Oc2ccc(F)cc21.[HH]. The Labute approximate surface area is 194 Å². The molecular formula is C26H33F2NO4. The summed E-state index contributed by atoms with van der Waals surface area (Å²) >= 11 is 0. The molecule has 0 saturated carbocycles. The van der Waals surface area contributed by atoms with E-state index in [4.69, 9.17) is 9.47 Å². The molecule has 7 heteroatoms. The normalized spacial score (nSPS) is 20.0. The maximum atomic E-state index is 14.5. The molecule has 1 saturated heterocycles. The van der Waals surface area contributed by atoms with Gasteiger partial charge in [-0.05, 0) is 58.0 Å². The lowest BCUT2D eigenvalue weighted by Crippen LogP contribution is -2.52. The summed E-state index contributed by atoms with van der Waals surface area (Å²) in [5, 5.41) is 10.1. The summed E-state index contributed by atoms with van der Waals surface area (Å²) in [7, 11) is 0. The monoisotopic (exact) mass is 461 g/mol. The molecular weight excluding hydrogens is 428 g/mol. The molecule has 0 bridgehead atoms. The van der Waals surface area contributed by atoms with E-state index in [9.17, 15) is 18.7 Å². The average molecular weight is 462 g/mol. The van der Waals surface area contributed by atoms with Crippen molar-refractivity contribution in [2.45, 2.75) is 70.4 Å². The second-order valence-corrected chi connectivity index (χ2v) is 9.89. The molecule has 1 N–H and O–H groups in total. The molecule has 0 unspecified atom stereocenters. The molecule has 5 nitrogen and oxygen atoms in total. The fraction of sp³-hybridized carbons (Fsp3) is 0.500. The van der Waals surface area contributed by atoms with Crippen LogP contribution in [0.15, 0.2) is 36.4 Å². The van der Waals surface area contributed by atoms with E-state index in [0.717, 1.165) is 5.56 Å². The third kappa shape index (κ3) is 4.89. The number of hydrogen-bond donors (Lipinski definition) is 1. The molecule has 2 aromatic carbocycles. The van der Waals surface area contributed by atoms with E-state index in [2.05, 4.69) is 0 Å². The van der Waals surface area contributed by atoms with Crippen LogP contribution in [-0.4, -0.2) is 40.7 Å². The standard InChI is InChI=1S/C26H31F2NO4.H2/c1-16(2)32-23-15-26(33-22-8-6-18(27)14-19(22)23)9-11-29(12-10-26)24(30)17-5-7-20(21(28)13-17)25(3,4)31;/h5-8,13-14,16,23,31H,9-12,15H2,1-4H3;1H/t23-;/m1./s1. The maximum Gasteiger partial charge on any atom is 0.253 e. The summed E-state index contributed by atoms with van der Waals surface area (Å²) in [6.45, 7) is 7.82. The third-order valence-corrected chi connectivity index (χ3v) is 6.48. The van der Waals surface area contributed by atoms with Crippen molar-refractivity contribution < 1.29 is 29.6 Å². The van der Waals surface area contributed by atoms with Crippen LogP contribution in [-0.2, 0) is 10.3 Å². The van der Waals surface area contributed by atoms with Gasteiger partial charge in [-0.25, -0.2) is 8.78 Å². The van der Waals surface area contributed by atoms with Gasteiger partial charge < -0.3 is 19.5 Å². The van der Waals surface area contributed by atoms with Crippen molar-refractivity contribution >= 4 is 5.91 Å². The summed E-state index contributed by atoms with van der Waals surface area (Å²) in [6, 6.07) is 8.70. The van der Waals surface area contributed by atoms with Gasteiger partial charge in [0.25, 0.3) is 5.91 Å². The molecule has 2 aliphatic heterocycles. The number of nitrogens with zero attached hydrogens (tertiary/aromatic N) is 1. The fourth-order valence-electron chi connectivity index (χ4n) is 4.79. The number of halogens is 2. The van der Waals surface area contributed by atoms with Gasteiger partial charge >= 0.3 is 0 Å². The Morgan fingerprint density at radius 3 is 2.52 bits per heavy atom. The minimum absolute atomic E-state index is 0. The van der Waals surface area contributed by atoms with Crippen molar-refractivity contribution in [3.8, 4) is 5.75 Å². The lowest BCUT2D eigenvalue weighted by molar-refractivity contribution is -0.0873. The minimum atomic E-state index is -1.32. The van der Waals surface area contributed by atoms with Crippen LogP contribution in [0.1, 0.15) is 76.0 Å². The largest absolute Gasteiger partial charge is 0.487 e. The van der Waals surface area contributed by atoms with Crippen LogP contribution in [0.25, 0.3) is 0 Å². The summed E-state index contributed by atoms with van der Waals surface area (Å²) in [5.41, 5.74) is -0.705. The molecule has 0 radical (unpaired) electrons. The number of piperidine rings is 1. The first-order chi connectivity index (χ1) is 15.5. The zero-order chi connectivity index (χ0) is 24.0. The van der Waals surface area contributed by atoms with Gasteiger partial charge in [0.1, 0.15) is 23.0 Å². The second kappa shape index (κ2) is 8.69. The van der Waals surface area contributed by atoms with Gasteiger partial charge in [0.15, 0.2) is 0 Å². The van der Waals surface area contributed by atoms with Gasteiger partial charge in [-0.15, -0.1) is 0 Å². The number of carbonyl (C=O) groups is 1. The van der Waals surface area contributed by atoms with E-state index < -0.39 is 17.0 Å². The predicted molar refractivity (Wildman–Crippen MR) is 122 cm³/mol. The van der Waals surface area contributed by atoms with Crippen LogP contribution in [0.2, 0.25) is 0 Å². The highest BCUT2D eigenvalue weighted by molar-refractivity contribution is 5.94. The van der Waals surface area contributed by atoms with Gasteiger partial charge in [0.05, 0.1) is 17.8 Å². The highest BCUT2D eigenvalue weighted by atomic mass is 19.1. The molecule has 2 heterocycles. The van der Waals surface area contributed by atoms with Crippen LogP contribution in [0, 0.1) is 11.6 Å². The molecule has 1 atom stereocenters. The van der Waals surface area contributed by atoms with Crippen LogP contribution >= 0.6 is 0 Å². The third-order valence-electron chi connectivity index (χ3n) is 6.48. The molecule has 0 aliphatic carbocycles. The second-order valence-electron chi connectivity index (χ2n) is 9.89. The molecule has 33 heavy (non-hydrogen) atoms. The summed E-state index contributed by atoms with van der Waals surface area (Å²) in [6.07, 6.45) is 1.47. The van der Waals surface area contributed by atoms with Gasteiger partial charge in [-0.3, -0.25) is 4.79 Å². The molecule has 2 aromatic rings. The van der Waals surface area contributed by atoms with Crippen molar-refractivity contribution in [1.82, 2.24) is 4.90 Å². The van der Waals surface area contributed by atoms with Crippen molar-refractivity contribution in [2.24, 2.45) is 0 Å². The smallest absolute Gasteiger partial charge is 0.253 e. The van der Waals surface area contributed by atoms with Crippen molar-refractivity contribution in [1.29, 1.82) is 0 Å². The van der Waals surface area contributed by atoms with Crippen molar-refractivity contribution in [2.75, 3.05) is 13.1 Å². The zero-order valence-electron chi connectivity index (χ0n) is 19.5. The Kier molecular flexibility index (Phi) is 6.22. The Hall–Kier alpha value is -2.51. The van der Waals surface area contributed by atoms with Crippen LogP contribution < -0.4 is 4.74 Å². The Morgan fingerprint density at radius 1 is 1.21 bits per heavy atom. The lowest BCUT2D eigenvalue weighted by Gasteiger charge is -2.47. The molecule has 180 valence electrons. The van der Waals surface area contributed by atoms with Gasteiger partial charge in [0, 0.05) is 50.5 Å². The van der Waals surface area contributed by atoms with E-state index in [1.54, 1.807) is 17.0 Å². The first kappa shape index (κ1) is 23.6. The molecule has 4 rings (SSSR count). The van der Waals surface area contributed by atoms with Gasteiger partial charge in [0.2, 0.25) is 0 Å². The van der Waals surface area contributed by atoms with Gasteiger partial charge in [-0.2, -0.15) is 0 Å². The summed E-state index contributed by atoms with van der Waals surface area (Å²) in [5.74, 6) is -0.555. The van der Waals surface area contributed by atoms with E-state index in [1.165, 1.54) is 38.1 Å². The molecule has 1 amide bonds. The van der Waals surface area contributed by atoms with Gasteiger partial charge in [-0.1, -0.05) is 6.07 Å². The number of fused-ring (bicyclic) bond motifs is 1. The number of aliphatic hydroxyl groups is 1. The highest BCUT2D eigenvalue weighted by Crippen LogP contribution is 2.46. The summed E-state index contributed by atoms with van der Waals surface area (Å²) in [4.78, 5) is 14.7. The summed E-state index contributed by atoms with van der Waals surface area (Å²) < 4.78 is 40.8. The first-order valence-corrected chi connectivity index (χ1v) is 11.4. The number of likely N-dealkylation sites (tertiary alicyclic amines) is 1. The number of rotatable bonds is 4. The Morgan fingerprint density at radius 2 is 1.91 bits per heavy atom. The maximum absolute atomic E-state index is 14.5. The topological polar surface area (TPSA) is 59.0 Å². The van der Waals surface area contributed by atoms with Crippen LogP contribution in [0.5, 0.6) is 5.75 Å². The Bertz CT molecular complexity index is 1050. The molecule has 1 fully saturated rings. The van der Waals surface area contributed by atoms with Crippen LogP contribution in [0.4, 0.5) is 8.78 Å². The first-order valence-electron chi connectivity index (χ1n) is 11.4. The number of benzene rings is 2. The Balaban J connectivity index is 0.00000324. The number of amides is 1. The van der Waals surface area contributed by atoms with E-state index in [1.807, 2.05) is 13.8 Å². The quantitative estimate of drug-likeness (QED) is 0.666. The van der Waals surface area contributed by atoms with E-state index in [-0.39, 0.29) is 36.5 Å². The fourth-order valence-corrected chi connectivity index (χ4v) is 4.79. The molecule has 2 aliphatic rings. The number of hydrogen-bond acceptors (Lipinski definition) is 4. The van der Waals surface area contributed by atoms with E-state index >= 15 is 0 Å². The van der Waals surface area contributed by atoms with Crippen LogP contribution in [0.3, 0.4) is 0 Å². The highest BCUT2D eigenvalue weighted by Gasteiger charge is 2.45.